The first-order valence-corrected chi connectivity index (χ1v) is 11.8. The average Bonchev–Trinajstić information content (AvgIpc) is 3.66. The third kappa shape index (κ3) is 4.69. The zero-order valence-corrected chi connectivity index (χ0v) is 19.7. The van der Waals surface area contributed by atoms with Crippen LogP contribution in [0.3, 0.4) is 0 Å². The van der Waals surface area contributed by atoms with Gasteiger partial charge in [0.15, 0.2) is 5.57 Å². The maximum atomic E-state index is 13.5. The number of nitrogens with zero attached hydrogens (tertiary/aromatic N) is 2. The third-order valence-electron chi connectivity index (χ3n) is 5.35. The first kappa shape index (κ1) is 22.9. The van der Waals surface area contributed by atoms with Crippen molar-refractivity contribution in [2.24, 2.45) is 0 Å². The van der Waals surface area contributed by atoms with Gasteiger partial charge in [0.2, 0.25) is 0 Å². The zero-order valence-electron chi connectivity index (χ0n) is 18.9. The number of para-hydroxylation sites is 1. The van der Waals surface area contributed by atoms with Gasteiger partial charge in [-0.25, -0.2) is 0 Å². The van der Waals surface area contributed by atoms with Gasteiger partial charge in [-0.05, 0) is 36.4 Å². The van der Waals surface area contributed by atoms with E-state index in [0.29, 0.717) is 27.5 Å². The lowest BCUT2D eigenvalue weighted by Gasteiger charge is -2.04. The maximum absolute atomic E-state index is 13.5. The highest BCUT2D eigenvalue weighted by molar-refractivity contribution is 7.07. The Morgan fingerprint density at radius 3 is 2.44 bits per heavy atom. The van der Waals surface area contributed by atoms with Gasteiger partial charge in [-0.2, -0.15) is 5.26 Å². The van der Waals surface area contributed by atoms with Crippen molar-refractivity contribution in [3.8, 4) is 23.1 Å². The van der Waals surface area contributed by atoms with E-state index in [1.165, 1.54) is 10.8 Å². The molecule has 0 bridgehead atoms. The van der Waals surface area contributed by atoms with Crippen molar-refractivity contribution in [3.63, 3.8) is 0 Å². The molecule has 36 heavy (non-hydrogen) atoms. The number of amides is 1. The van der Waals surface area contributed by atoms with Crippen LogP contribution in [0.15, 0.2) is 105 Å². The van der Waals surface area contributed by atoms with Crippen LogP contribution in [0.25, 0.3) is 28.7 Å². The summed E-state index contributed by atoms with van der Waals surface area (Å²) in [5.74, 6) is 1.10. The molecule has 5 rings (SSSR count). The first-order valence-electron chi connectivity index (χ1n) is 11.0. The van der Waals surface area contributed by atoms with E-state index < -0.39 is 5.91 Å². The minimum atomic E-state index is -0.601. The average molecular weight is 494 g/mol. The molecular weight excluding hydrogens is 474 g/mol. The molecule has 1 amide bonds. The number of carbonyl (C=O) groups is 1. The van der Waals surface area contributed by atoms with Crippen molar-refractivity contribution in [2.45, 2.75) is 6.54 Å². The molecule has 0 fully saturated rings. The van der Waals surface area contributed by atoms with Gasteiger partial charge in [-0.3, -0.25) is 14.2 Å². The molecule has 0 aliphatic rings. The van der Waals surface area contributed by atoms with Crippen LogP contribution in [0.5, 0.6) is 0 Å². The summed E-state index contributed by atoms with van der Waals surface area (Å²) in [5.41, 5.74) is 0.936. The Bertz CT molecular complexity index is 1720. The smallest absolute Gasteiger partial charge is 0.273 e. The minimum Gasteiger partial charge on any atom is -0.467 e. The Hall–Kier alpha value is -4.87. The summed E-state index contributed by atoms with van der Waals surface area (Å²) in [5, 5.41) is 12.6. The second-order valence-electron chi connectivity index (χ2n) is 7.71. The van der Waals surface area contributed by atoms with Crippen molar-refractivity contribution in [3.05, 3.63) is 122 Å². The third-order valence-corrected chi connectivity index (χ3v) is 6.44. The van der Waals surface area contributed by atoms with Gasteiger partial charge in [0.1, 0.15) is 28.0 Å². The van der Waals surface area contributed by atoms with Crippen LogP contribution < -0.4 is 20.1 Å². The fraction of sp³-hybridized carbons (Fsp3) is 0.0357. The molecule has 0 aliphatic carbocycles. The molecule has 0 aliphatic heterocycles. The fourth-order valence-corrected chi connectivity index (χ4v) is 4.73. The predicted molar refractivity (Wildman–Crippen MR) is 136 cm³/mol. The summed E-state index contributed by atoms with van der Waals surface area (Å²) in [6, 6.07) is 27.5. The van der Waals surface area contributed by atoms with Crippen LogP contribution >= 0.6 is 11.3 Å². The number of hydrogen-bond acceptors (Lipinski definition) is 6. The van der Waals surface area contributed by atoms with Crippen molar-refractivity contribution >= 4 is 28.9 Å². The number of rotatable bonds is 6. The van der Waals surface area contributed by atoms with Crippen LogP contribution in [-0.4, -0.2) is 10.5 Å². The summed E-state index contributed by atoms with van der Waals surface area (Å²) >= 11 is 1.06. The Kier molecular flexibility index (Phi) is 6.47. The highest BCUT2D eigenvalue weighted by Crippen LogP contribution is 2.22. The molecule has 0 saturated heterocycles. The van der Waals surface area contributed by atoms with Crippen molar-refractivity contribution in [1.29, 1.82) is 5.26 Å². The second-order valence-corrected chi connectivity index (χ2v) is 8.74. The lowest BCUT2D eigenvalue weighted by atomic mass is 10.2. The van der Waals surface area contributed by atoms with E-state index >= 15 is 0 Å². The summed E-state index contributed by atoms with van der Waals surface area (Å²) < 4.78 is 13.1. The van der Waals surface area contributed by atoms with E-state index in [9.17, 15) is 14.9 Å². The molecule has 0 spiro atoms. The number of hydrogen-bond donors (Lipinski definition) is 1. The van der Waals surface area contributed by atoms with Crippen LogP contribution in [0, 0.1) is 11.3 Å². The highest BCUT2D eigenvalue weighted by Gasteiger charge is 2.17. The van der Waals surface area contributed by atoms with Gasteiger partial charge in [-0.1, -0.05) is 48.5 Å². The molecule has 0 radical (unpaired) electrons. The molecule has 3 aromatic heterocycles. The van der Waals surface area contributed by atoms with Crippen LogP contribution in [0.1, 0.15) is 11.5 Å². The fourth-order valence-electron chi connectivity index (χ4n) is 3.64. The molecular formula is C28H19N3O4S. The molecule has 1 N–H and O–H groups in total. The van der Waals surface area contributed by atoms with Crippen LogP contribution in [0.2, 0.25) is 0 Å². The number of benzene rings is 2. The summed E-state index contributed by atoms with van der Waals surface area (Å²) in [4.78, 5) is 26.4. The summed E-state index contributed by atoms with van der Waals surface area (Å²) in [7, 11) is 0. The number of carbonyl (C=O) groups excluding carboxylic acids is 1. The van der Waals surface area contributed by atoms with E-state index in [-0.39, 0.29) is 22.3 Å². The molecule has 2 aromatic carbocycles. The van der Waals surface area contributed by atoms with Crippen LogP contribution in [-0.2, 0) is 11.3 Å². The maximum Gasteiger partial charge on any atom is 0.273 e. The normalized spacial score (nSPS) is 12.2. The van der Waals surface area contributed by atoms with Gasteiger partial charge in [0, 0.05) is 11.6 Å². The van der Waals surface area contributed by atoms with Crippen molar-refractivity contribution in [2.75, 3.05) is 0 Å². The van der Waals surface area contributed by atoms with E-state index in [1.54, 1.807) is 48.5 Å². The molecule has 176 valence electrons. The molecule has 8 heteroatoms. The summed E-state index contributed by atoms with van der Waals surface area (Å²) in [6.07, 6.45) is 3.13. The molecule has 0 atom stereocenters. The Morgan fingerprint density at radius 2 is 1.75 bits per heavy atom. The molecule has 0 unspecified atom stereocenters. The second kappa shape index (κ2) is 10.2. The van der Waals surface area contributed by atoms with E-state index in [2.05, 4.69) is 5.32 Å². The van der Waals surface area contributed by atoms with Gasteiger partial charge in [0.25, 0.3) is 11.5 Å². The molecule has 7 nitrogen and oxygen atoms in total. The standard InChI is InChI=1S/C28H19N3O4S/c29-17-23(26(32)30-18-22-12-7-15-34-22)28-31(20-10-5-2-6-11-20)27(33)25(36-28)16-21-13-14-24(35-21)19-8-3-1-4-9-19/h1-16H,18H2,(H,30,32). The van der Waals surface area contributed by atoms with E-state index in [0.717, 1.165) is 16.9 Å². The van der Waals surface area contributed by atoms with Crippen LogP contribution in [0.4, 0.5) is 0 Å². The number of thiazole rings is 1. The molecule has 5 aromatic rings. The number of nitrogens with one attached hydrogen (secondary N) is 1. The van der Waals surface area contributed by atoms with Gasteiger partial charge < -0.3 is 14.2 Å². The molecule has 0 saturated carbocycles. The van der Waals surface area contributed by atoms with E-state index in [4.69, 9.17) is 8.83 Å². The minimum absolute atomic E-state index is 0.117. The van der Waals surface area contributed by atoms with E-state index in [1.807, 2.05) is 48.5 Å². The topological polar surface area (TPSA) is 101 Å². The SMILES string of the molecule is N#CC(C(=O)NCc1ccco1)=c1sc(=Cc2ccc(-c3ccccc3)o2)c(=O)n1-c1ccccc1. The van der Waals surface area contributed by atoms with Gasteiger partial charge in [0.05, 0.1) is 23.0 Å². The number of nitriles is 1. The lowest BCUT2D eigenvalue weighted by molar-refractivity contribution is -0.115. The van der Waals surface area contributed by atoms with Crippen molar-refractivity contribution < 1.29 is 13.6 Å². The lowest BCUT2D eigenvalue weighted by Crippen LogP contribution is -2.33. The monoisotopic (exact) mass is 493 g/mol. The highest BCUT2D eigenvalue weighted by atomic mass is 32.1. The quantitative estimate of drug-likeness (QED) is 0.390. The van der Waals surface area contributed by atoms with Gasteiger partial charge >= 0.3 is 0 Å². The van der Waals surface area contributed by atoms with Crippen molar-refractivity contribution in [1.82, 2.24) is 9.88 Å². The zero-order chi connectivity index (χ0) is 24.9. The largest absolute Gasteiger partial charge is 0.467 e. The predicted octanol–water partition coefficient (Wildman–Crippen LogP) is 3.57. The molecule has 3 heterocycles. The Morgan fingerprint density at radius 1 is 1.00 bits per heavy atom. The van der Waals surface area contributed by atoms with Gasteiger partial charge in [-0.15, -0.1) is 11.3 Å². The first-order chi connectivity index (χ1) is 17.6. The number of aromatic nitrogens is 1. The summed E-state index contributed by atoms with van der Waals surface area (Å²) in [6.45, 7) is 0.117. The number of furan rings is 2. The Balaban J connectivity index is 1.63. The Labute approximate surface area is 209 Å².